The Morgan fingerprint density at radius 1 is 1.30 bits per heavy atom. The van der Waals surface area contributed by atoms with Gasteiger partial charge in [0.05, 0.1) is 16.3 Å². The predicted octanol–water partition coefficient (Wildman–Crippen LogP) is 4.01. The molecule has 0 fully saturated rings. The number of aliphatic carboxylic acids is 1. The number of methoxy groups -OCH3 is 1. The zero-order valence-corrected chi connectivity index (χ0v) is 22.0. The minimum Gasteiger partial charge on any atom is -0.480 e. The molecule has 2 atom stereocenters. The van der Waals surface area contributed by atoms with Gasteiger partial charge in [-0.05, 0) is 68.1 Å². The van der Waals surface area contributed by atoms with Crippen molar-refractivity contribution < 1.29 is 19.0 Å². The van der Waals surface area contributed by atoms with Gasteiger partial charge in [0.1, 0.15) is 30.7 Å². The van der Waals surface area contributed by atoms with Crippen LogP contribution in [0.15, 0.2) is 29.9 Å². The van der Waals surface area contributed by atoms with Crippen LogP contribution in [0.5, 0.6) is 0 Å². The van der Waals surface area contributed by atoms with E-state index in [4.69, 9.17) is 9.72 Å². The lowest BCUT2D eigenvalue weighted by molar-refractivity contribution is -0.138. The van der Waals surface area contributed by atoms with E-state index in [1.165, 1.54) is 30.3 Å². The number of carbonyl (C=O) groups is 1. The van der Waals surface area contributed by atoms with Crippen LogP contribution in [0.2, 0.25) is 0 Å². The molecule has 0 radical (unpaired) electrons. The number of nitrogens with zero attached hydrogens (tertiary/aromatic N) is 4. The van der Waals surface area contributed by atoms with Gasteiger partial charge in [-0.3, -0.25) is 0 Å². The molecule has 0 saturated heterocycles. The molecule has 0 aromatic carbocycles. The number of unbranched alkanes of at least 4 members (excludes halogenated alkanes) is 1. The first-order chi connectivity index (χ1) is 18.1. The number of anilines is 2. The lowest BCUT2D eigenvalue weighted by Gasteiger charge is -2.27. The zero-order valence-electron chi connectivity index (χ0n) is 21.2. The van der Waals surface area contributed by atoms with Crippen LogP contribution in [0, 0.1) is 0 Å². The van der Waals surface area contributed by atoms with Gasteiger partial charge in [-0.15, -0.1) is 11.3 Å². The monoisotopic (exact) mass is 530 g/mol. The second-order valence-corrected chi connectivity index (χ2v) is 10.2. The number of alkyl halides is 1. The summed E-state index contributed by atoms with van der Waals surface area (Å²) in [6.45, 7) is 2.00. The molecule has 4 rings (SSSR count). The van der Waals surface area contributed by atoms with Gasteiger partial charge in [0.25, 0.3) is 0 Å². The highest BCUT2D eigenvalue weighted by molar-refractivity contribution is 7.17. The number of rotatable bonds is 15. The number of aromatic nitrogens is 3. The third-order valence-corrected chi connectivity index (χ3v) is 7.57. The Balaban J connectivity index is 1.32. The fourth-order valence-electron chi connectivity index (χ4n) is 4.54. The molecule has 3 aromatic heterocycles. The molecule has 3 aromatic rings. The van der Waals surface area contributed by atoms with Crippen LogP contribution in [0.4, 0.5) is 16.0 Å². The van der Waals surface area contributed by atoms with Crippen molar-refractivity contribution in [3.63, 3.8) is 0 Å². The summed E-state index contributed by atoms with van der Waals surface area (Å²) in [7, 11) is 1.50. The van der Waals surface area contributed by atoms with Gasteiger partial charge in [-0.1, -0.05) is 6.07 Å². The highest BCUT2D eigenvalue weighted by Crippen LogP contribution is 2.26. The molecule has 1 aliphatic rings. The normalized spacial score (nSPS) is 14.8. The fourth-order valence-corrected chi connectivity index (χ4v) is 5.34. The first-order valence-corrected chi connectivity index (χ1v) is 13.7. The Labute approximate surface area is 220 Å². The Morgan fingerprint density at radius 2 is 2.19 bits per heavy atom. The molecule has 0 aliphatic carbocycles. The van der Waals surface area contributed by atoms with Gasteiger partial charge >= 0.3 is 5.97 Å². The molecule has 11 heteroatoms. The van der Waals surface area contributed by atoms with Gasteiger partial charge in [0.2, 0.25) is 0 Å². The summed E-state index contributed by atoms with van der Waals surface area (Å²) in [6.07, 6.45) is 6.13. The van der Waals surface area contributed by atoms with Gasteiger partial charge in [0.15, 0.2) is 0 Å². The minimum absolute atomic E-state index is 0.340. The highest BCUT2D eigenvalue weighted by Gasteiger charge is 2.22. The van der Waals surface area contributed by atoms with Crippen molar-refractivity contribution in [3.05, 3.63) is 41.2 Å². The maximum Gasteiger partial charge on any atom is 0.326 e. The van der Waals surface area contributed by atoms with E-state index in [0.717, 1.165) is 66.9 Å². The molecule has 2 unspecified atom stereocenters. The van der Waals surface area contributed by atoms with Crippen molar-refractivity contribution in [2.45, 2.75) is 50.7 Å². The van der Waals surface area contributed by atoms with Crippen molar-refractivity contribution in [1.29, 1.82) is 0 Å². The summed E-state index contributed by atoms with van der Waals surface area (Å²) in [5, 5.41) is 18.2. The number of carboxylic acid groups (broad SMARTS) is 1. The number of fused-ring (bicyclic) bond motifs is 2. The van der Waals surface area contributed by atoms with Crippen LogP contribution in [0.1, 0.15) is 36.9 Å². The van der Waals surface area contributed by atoms with Crippen molar-refractivity contribution in [2.75, 3.05) is 50.6 Å². The van der Waals surface area contributed by atoms with Gasteiger partial charge in [0, 0.05) is 32.4 Å². The quantitative estimate of drug-likeness (QED) is 0.251. The molecule has 0 bridgehead atoms. The number of nitrogens with one attached hydrogen (secondary N) is 2. The SMILES string of the molecule is COC(CF)CN(CCCCc1ccc2c(n1)NCCC2)CCC(Nc1ncnc2ccsc12)C(=O)O. The predicted molar refractivity (Wildman–Crippen MR) is 144 cm³/mol. The van der Waals surface area contributed by atoms with Crippen LogP contribution in [0.3, 0.4) is 0 Å². The van der Waals surface area contributed by atoms with E-state index in [2.05, 4.69) is 37.6 Å². The summed E-state index contributed by atoms with van der Waals surface area (Å²) in [4.78, 5) is 27.3. The number of hydrogen-bond acceptors (Lipinski definition) is 9. The Morgan fingerprint density at radius 3 is 3.00 bits per heavy atom. The summed E-state index contributed by atoms with van der Waals surface area (Å²) in [5.41, 5.74) is 3.13. The van der Waals surface area contributed by atoms with Crippen molar-refractivity contribution >= 4 is 39.2 Å². The largest absolute Gasteiger partial charge is 0.480 e. The van der Waals surface area contributed by atoms with Crippen molar-refractivity contribution in [3.8, 4) is 0 Å². The number of hydrogen-bond donors (Lipinski definition) is 3. The zero-order chi connectivity index (χ0) is 26.0. The lowest BCUT2D eigenvalue weighted by atomic mass is 10.1. The van der Waals surface area contributed by atoms with E-state index in [1.54, 1.807) is 0 Å². The fraction of sp³-hybridized carbons (Fsp3) is 0.538. The lowest BCUT2D eigenvalue weighted by Crippen LogP contribution is -2.39. The van der Waals surface area contributed by atoms with Gasteiger partial charge in [-0.25, -0.2) is 24.1 Å². The van der Waals surface area contributed by atoms with Crippen LogP contribution in [0.25, 0.3) is 10.2 Å². The maximum atomic E-state index is 13.4. The average molecular weight is 531 g/mol. The van der Waals surface area contributed by atoms with E-state index in [9.17, 15) is 14.3 Å². The topological polar surface area (TPSA) is 113 Å². The second kappa shape index (κ2) is 13.6. The smallest absolute Gasteiger partial charge is 0.326 e. The molecule has 3 N–H and O–H groups in total. The van der Waals surface area contributed by atoms with Gasteiger partial charge in [-0.2, -0.15) is 0 Å². The molecule has 0 spiro atoms. The van der Waals surface area contributed by atoms with E-state index >= 15 is 0 Å². The molecule has 0 amide bonds. The van der Waals surface area contributed by atoms with E-state index in [-0.39, 0.29) is 0 Å². The summed E-state index contributed by atoms with van der Waals surface area (Å²) >= 11 is 1.47. The van der Waals surface area contributed by atoms with Crippen LogP contribution >= 0.6 is 11.3 Å². The molecule has 37 heavy (non-hydrogen) atoms. The Hall–Kier alpha value is -2.89. The first-order valence-electron chi connectivity index (χ1n) is 12.8. The molecule has 4 heterocycles. The third kappa shape index (κ3) is 7.56. The number of thiophene rings is 1. The van der Waals surface area contributed by atoms with Crippen LogP contribution in [-0.4, -0.2) is 83.0 Å². The van der Waals surface area contributed by atoms with Crippen molar-refractivity contribution in [1.82, 2.24) is 19.9 Å². The molecule has 200 valence electrons. The number of ether oxygens (including phenoxy) is 1. The van der Waals surface area contributed by atoms with E-state index in [1.807, 2.05) is 11.4 Å². The molecule has 9 nitrogen and oxygen atoms in total. The van der Waals surface area contributed by atoms with Crippen LogP contribution < -0.4 is 10.6 Å². The second-order valence-electron chi connectivity index (χ2n) is 9.29. The number of pyridine rings is 1. The maximum absolute atomic E-state index is 13.4. The van der Waals surface area contributed by atoms with Crippen molar-refractivity contribution in [2.24, 2.45) is 0 Å². The van der Waals surface area contributed by atoms with Gasteiger partial charge < -0.3 is 25.4 Å². The Bertz CT molecular complexity index is 1160. The third-order valence-electron chi connectivity index (χ3n) is 6.66. The standard InChI is InChI=1S/C26H35FN6O3S/c1-36-20(15-27)16-33(12-3-2-6-19-8-7-18-5-4-11-28-24(18)31-19)13-9-22(26(34)35)32-25-23-21(10-14-37-23)29-17-30-25/h7-8,10,14,17,20,22H,2-6,9,11-13,15-16H2,1H3,(H,28,31)(H,34,35)(H,29,30,32). The van der Waals surface area contributed by atoms with E-state index < -0.39 is 24.8 Å². The summed E-state index contributed by atoms with van der Waals surface area (Å²) in [5.74, 6) is 0.570. The summed E-state index contributed by atoms with van der Waals surface area (Å²) < 4.78 is 19.5. The van der Waals surface area contributed by atoms with E-state index in [0.29, 0.717) is 25.3 Å². The summed E-state index contributed by atoms with van der Waals surface area (Å²) in [6, 6.07) is 5.32. The number of halogens is 1. The molecular formula is C26H35FN6O3S. The molecule has 0 saturated carbocycles. The first kappa shape index (κ1) is 27.2. The average Bonchev–Trinajstić information content (AvgIpc) is 3.41. The minimum atomic E-state index is -0.954. The number of carboxylic acids is 1. The molecule has 1 aliphatic heterocycles. The Kier molecular flexibility index (Phi) is 9.98. The van der Waals surface area contributed by atoms with Crippen LogP contribution in [-0.2, 0) is 22.4 Å². The highest BCUT2D eigenvalue weighted by atomic mass is 32.1. The molecular weight excluding hydrogens is 495 g/mol. The number of aryl methyl sites for hydroxylation is 2.